The molecule has 4 rings (SSSR count). The van der Waals surface area contributed by atoms with Gasteiger partial charge in [0.25, 0.3) is 0 Å². The van der Waals surface area contributed by atoms with Crippen LogP contribution in [0.15, 0.2) is 39.7 Å². The highest BCUT2D eigenvalue weighted by Gasteiger charge is 2.35. The number of H-pyrrole nitrogens is 1. The molecule has 0 spiro atoms. The Kier molecular flexibility index (Phi) is 3.49. The van der Waals surface area contributed by atoms with Crippen molar-refractivity contribution >= 4 is 22.0 Å². The van der Waals surface area contributed by atoms with E-state index in [9.17, 15) is 22.4 Å². The molecular formula is C17H6F4N4O2. The summed E-state index contributed by atoms with van der Waals surface area (Å²) in [6.07, 6.45) is -3.55. The van der Waals surface area contributed by atoms with E-state index in [1.165, 1.54) is 18.3 Å². The van der Waals surface area contributed by atoms with Crippen molar-refractivity contribution in [2.75, 3.05) is 0 Å². The second-order valence-electron chi connectivity index (χ2n) is 5.56. The van der Waals surface area contributed by atoms with Crippen LogP contribution in [0.3, 0.4) is 0 Å². The van der Waals surface area contributed by atoms with E-state index in [4.69, 9.17) is 9.68 Å². The van der Waals surface area contributed by atoms with Crippen LogP contribution in [0.5, 0.6) is 0 Å². The summed E-state index contributed by atoms with van der Waals surface area (Å²) in [4.78, 5) is 21.4. The molecule has 0 bridgehead atoms. The molecule has 0 radical (unpaired) electrons. The number of halogens is 4. The lowest BCUT2D eigenvalue weighted by atomic mass is 10.1. The predicted molar refractivity (Wildman–Crippen MR) is 85.0 cm³/mol. The van der Waals surface area contributed by atoms with Crippen LogP contribution in [0.4, 0.5) is 17.6 Å². The van der Waals surface area contributed by atoms with Gasteiger partial charge in [0.05, 0.1) is 5.39 Å². The van der Waals surface area contributed by atoms with E-state index in [0.717, 1.165) is 12.1 Å². The highest BCUT2D eigenvalue weighted by atomic mass is 19.4. The van der Waals surface area contributed by atoms with E-state index in [2.05, 4.69) is 9.97 Å². The Balaban J connectivity index is 2.03. The monoisotopic (exact) mass is 374 g/mol. The first kappa shape index (κ1) is 16.7. The van der Waals surface area contributed by atoms with Gasteiger partial charge < -0.3 is 9.40 Å². The lowest BCUT2D eigenvalue weighted by Crippen LogP contribution is -2.06. The molecule has 0 aliphatic carbocycles. The summed E-state index contributed by atoms with van der Waals surface area (Å²) in [6.45, 7) is 0. The molecule has 1 aromatic carbocycles. The van der Waals surface area contributed by atoms with Crippen molar-refractivity contribution in [1.82, 2.24) is 15.0 Å². The molecule has 0 saturated carbocycles. The minimum absolute atomic E-state index is 0.00560. The Bertz CT molecular complexity index is 1300. The lowest BCUT2D eigenvalue weighted by molar-refractivity contribution is -0.144. The summed E-state index contributed by atoms with van der Waals surface area (Å²) >= 11 is 0. The first-order valence-electron chi connectivity index (χ1n) is 7.37. The van der Waals surface area contributed by atoms with Crippen molar-refractivity contribution in [2.45, 2.75) is 6.18 Å². The number of rotatable bonds is 1. The number of hydrogen-bond donors (Lipinski definition) is 1. The number of aromatic amines is 1. The SMILES string of the molecule is N#Cc1ccc(-c2cc(=O)c3cc(F)c4[nH]c(C(F)(F)F)nc4c3o2)cn1. The van der Waals surface area contributed by atoms with Gasteiger partial charge in [0.2, 0.25) is 5.82 Å². The molecule has 0 fully saturated rings. The van der Waals surface area contributed by atoms with E-state index >= 15 is 0 Å². The van der Waals surface area contributed by atoms with E-state index in [0.29, 0.717) is 5.56 Å². The maximum Gasteiger partial charge on any atom is 0.449 e. The van der Waals surface area contributed by atoms with Crippen molar-refractivity contribution in [3.63, 3.8) is 0 Å². The van der Waals surface area contributed by atoms with Crippen molar-refractivity contribution in [1.29, 1.82) is 5.26 Å². The largest absolute Gasteiger partial charge is 0.453 e. The molecule has 10 heteroatoms. The van der Waals surface area contributed by atoms with Crippen LogP contribution in [0.25, 0.3) is 33.3 Å². The van der Waals surface area contributed by atoms with Crippen molar-refractivity contribution < 1.29 is 22.0 Å². The minimum atomic E-state index is -4.83. The molecule has 0 aliphatic rings. The van der Waals surface area contributed by atoms with Gasteiger partial charge in [0.1, 0.15) is 34.4 Å². The quantitative estimate of drug-likeness (QED) is 0.512. The molecule has 3 aromatic heterocycles. The summed E-state index contributed by atoms with van der Waals surface area (Å²) < 4.78 is 58.4. The highest BCUT2D eigenvalue weighted by Crippen LogP contribution is 2.33. The number of hydrogen-bond acceptors (Lipinski definition) is 5. The minimum Gasteiger partial charge on any atom is -0.453 e. The number of nitrogens with zero attached hydrogens (tertiary/aromatic N) is 3. The summed E-state index contributed by atoms with van der Waals surface area (Å²) in [5.41, 5.74) is -1.46. The van der Waals surface area contributed by atoms with Gasteiger partial charge in [-0.2, -0.15) is 18.4 Å². The molecule has 0 saturated heterocycles. The summed E-state index contributed by atoms with van der Waals surface area (Å²) in [7, 11) is 0. The molecule has 3 heterocycles. The highest BCUT2D eigenvalue weighted by molar-refractivity contribution is 6.01. The fraction of sp³-hybridized carbons (Fsp3) is 0.0588. The Morgan fingerprint density at radius 2 is 2.00 bits per heavy atom. The number of imidazole rings is 1. The molecule has 1 N–H and O–H groups in total. The van der Waals surface area contributed by atoms with Crippen molar-refractivity contribution in [3.8, 4) is 17.4 Å². The van der Waals surface area contributed by atoms with E-state index in [1.54, 1.807) is 0 Å². The van der Waals surface area contributed by atoms with Gasteiger partial charge in [0, 0.05) is 17.8 Å². The van der Waals surface area contributed by atoms with Gasteiger partial charge in [-0.1, -0.05) is 0 Å². The van der Waals surface area contributed by atoms with Crippen LogP contribution in [0.2, 0.25) is 0 Å². The van der Waals surface area contributed by atoms with Gasteiger partial charge in [-0.25, -0.2) is 14.4 Å². The third kappa shape index (κ3) is 2.69. The van der Waals surface area contributed by atoms with Crippen LogP contribution in [-0.2, 0) is 6.18 Å². The maximum absolute atomic E-state index is 14.1. The fourth-order valence-electron chi connectivity index (χ4n) is 2.61. The zero-order valence-corrected chi connectivity index (χ0v) is 13.1. The zero-order valence-electron chi connectivity index (χ0n) is 13.1. The number of nitrogens with one attached hydrogen (secondary N) is 1. The maximum atomic E-state index is 14.1. The van der Waals surface area contributed by atoms with Gasteiger partial charge in [-0.15, -0.1) is 0 Å². The Labute approximate surface area is 146 Å². The van der Waals surface area contributed by atoms with Crippen LogP contribution in [0.1, 0.15) is 11.5 Å². The molecular weight excluding hydrogens is 368 g/mol. The van der Waals surface area contributed by atoms with Crippen molar-refractivity contribution in [3.05, 3.63) is 58.0 Å². The van der Waals surface area contributed by atoms with Crippen molar-refractivity contribution in [2.24, 2.45) is 0 Å². The van der Waals surface area contributed by atoms with E-state index < -0.39 is 34.3 Å². The first-order valence-corrected chi connectivity index (χ1v) is 7.37. The molecule has 4 aromatic rings. The Hall–Kier alpha value is -3.74. The summed E-state index contributed by atoms with van der Waals surface area (Å²) in [5, 5.41) is 8.53. The molecule has 0 atom stereocenters. The average Bonchev–Trinajstić information content (AvgIpc) is 3.09. The lowest BCUT2D eigenvalue weighted by Gasteiger charge is -2.04. The van der Waals surface area contributed by atoms with Gasteiger partial charge in [-0.3, -0.25) is 4.79 Å². The molecule has 6 nitrogen and oxygen atoms in total. The number of aromatic nitrogens is 3. The molecule has 27 heavy (non-hydrogen) atoms. The number of fused-ring (bicyclic) bond motifs is 3. The van der Waals surface area contributed by atoms with Crippen LogP contribution >= 0.6 is 0 Å². The smallest absolute Gasteiger partial charge is 0.449 e. The first-order chi connectivity index (χ1) is 12.8. The molecule has 0 aliphatic heterocycles. The second kappa shape index (κ2) is 5.63. The molecule has 0 amide bonds. The normalized spacial score (nSPS) is 11.8. The Morgan fingerprint density at radius 3 is 2.63 bits per heavy atom. The fourth-order valence-corrected chi connectivity index (χ4v) is 2.61. The average molecular weight is 374 g/mol. The number of nitriles is 1. The topological polar surface area (TPSA) is 95.6 Å². The third-order valence-electron chi connectivity index (χ3n) is 3.84. The zero-order chi connectivity index (χ0) is 19.3. The van der Waals surface area contributed by atoms with Gasteiger partial charge in [0.15, 0.2) is 11.0 Å². The third-order valence-corrected chi connectivity index (χ3v) is 3.84. The van der Waals surface area contributed by atoms with Crippen LogP contribution in [0, 0.1) is 17.1 Å². The van der Waals surface area contributed by atoms with Gasteiger partial charge in [-0.05, 0) is 18.2 Å². The van der Waals surface area contributed by atoms with Crippen LogP contribution < -0.4 is 5.43 Å². The van der Waals surface area contributed by atoms with Gasteiger partial charge >= 0.3 is 6.18 Å². The number of pyridine rings is 1. The molecule has 0 unspecified atom stereocenters. The number of benzene rings is 1. The predicted octanol–water partition coefficient (Wildman–Crippen LogP) is 3.76. The van der Waals surface area contributed by atoms with E-state index in [1.807, 2.05) is 11.1 Å². The van der Waals surface area contributed by atoms with Crippen LogP contribution in [-0.4, -0.2) is 15.0 Å². The second-order valence-corrected chi connectivity index (χ2v) is 5.56. The number of alkyl halides is 3. The standard InChI is InChI=1S/C17H6F4N4O2/c18-10-3-9-11(26)4-12(7-1-2-8(5-22)23-6-7)27-15(9)14-13(10)24-16(25-14)17(19,20)21/h1-4,6H,(H,24,25). The molecule has 134 valence electrons. The Morgan fingerprint density at radius 1 is 1.22 bits per heavy atom. The van der Waals surface area contributed by atoms with E-state index in [-0.39, 0.29) is 22.4 Å². The summed E-state index contributed by atoms with van der Waals surface area (Å²) in [6, 6.07) is 6.53. The summed E-state index contributed by atoms with van der Waals surface area (Å²) in [5.74, 6) is -2.47.